The Morgan fingerprint density at radius 3 is 2.08 bits per heavy atom. The minimum Gasteiger partial charge on any atom is -0.481 e. The van der Waals surface area contributed by atoms with Crippen LogP contribution in [0.5, 0.6) is 0 Å². The predicted octanol–water partition coefficient (Wildman–Crippen LogP) is 9.17. The van der Waals surface area contributed by atoms with Crippen LogP contribution in [0, 0.1) is 41.5 Å². The van der Waals surface area contributed by atoms with Crippen molar-refractivity contribution in [1.82, 2.24) is 5.32 Å². The van der Waals surface area contributed by atoms with E-state index in [1.165, 1.54) is 26.0 Å². The first kappa shape index (κ1) is 47.7. The zero-order valence-corrected chi connectivity index (χ0v) is 38.2. The SMILES string of the molecule is Cc1cc(C)c(Nc2ccc3c(-c4ccccc4S(=O)(=O)O)c4ccc(=Nc5c(C)c(NC(=O)NCCCCCCC(=O)O)c(C)c(S(=O)(=O)O)c5C)cc-4oc3c2)c(C)c1NC(N)=O. The molecule has 342 valence electrons. The first-order valence-corrected chi connectivity index (χ1v) is 23.4. The average molecular weight is 927 g/mol. The number of nitrogens with one attached hydrogen (secondary N) is 4. The highest BCUT2D eigenvalue weighted by Gasteiger charge is 2.27. The second-order valence-corrected chi connectivity index (χ2v) is 18.5. The normalized spacial score (nSPS) is 12.1. The summed E-state index contributed by atoms with van der Waals surface area (Å²) in [5.41, 5.74) is 11.9. The highest BCUT2D eigenvalue weighted by atomic mass is 32.2. The Bertz CT molecular complexity index is 3160. The molecular formula is C46H50N6O11S2. The molecule has 17 nitrogen and oxygen atoms in total. The van der Waals surface area contributed by atoms with Gasteiger partial charge in [0, 0.05) is 58.5 Å². The van der Waals surface area contributed by atoms with Gasteiger partial charge in [-0.25, -0.2) is 14.6 Å². The van der Waals surface area contributed by atoms with Gasteiger partial charge >= 0.3 is 18.0 Å². The standard InChI is InChI=1S/C46H50N6O11S2/c1-24-21-25(2)41(51-45(47)55)26(3)40(24)49-30-16-18-32-35(22-30)63-36-23-31(17-19-33(36)39(32)34-13-10-11-14-37(34)64(57,58)59)50-42-27(4)43(29(6)44(28(42)5)65(60,61)62)52-46(56)48-20-12-8-7-9-15-38(53)54/h10-11,13-14,16-19,21-23,49H,7-9,12,15,20H2,1-6H3,(H,53,54)(H3,47,51,55)(H2,48,52,56)(H,57,58,59)(H,60,61,62). The molecule has 0 saturated carbocycles. The van der Waals surface area contributed by atoms with E-state index in [0.29, 0.717) is 70.4 Å². The van der Waals surface area contributed by atoms with Gasteiger partial charge in [0.15, 0.2) is 0 Å². The van der Waals surface area contributed by atoms with Crippen LogP contribution in [0.4, 0.5) is 38.0 Å². The molecule has 0 fully saturated rings. The maximum Gasteiger partial charge on any atom is 0.319 e. The number of carboxylic acids is 1. The van der Waals surface area contributed by atoms with Crippen molar-refractivity contribution in [2.24, 2.45) is 10.7 Å². The van der Waals surface area contributed by atoms with Crippen molar-refractivity contribution in [1.29, 1.82) is 0 Å². The first-order chi connectivity index (χ1) is 30.6. The number of aliphatic carboxylic acids is 1. The van der Waals surface area contributed by atoms with Gasteiger partial charge in [0.05, 0.1) is 22.4 Å². The number of anilines is 4. The van der Waals surface area contributed by atoms with Crippen LogP contribution in [0.3, 0.4) is 0 Å². The number of nitrogens with two attached hydrogens (primary N) is 1. The van der Waals surface area contributed by atoms with Crippen LogP contribution in [0.1, 0.15) is 65.5 Å². The van der Waals surface area contributed by atoms with Gasteiger partial charge in [0.1, 0.15) is 21.1 Å². The van der Waals surface area contributed by atoms with Crippen LogP contribution in [-0.4, -0.2) is 55.6 Å². The van der Waals surface area contributed by atoms with Gasteiger partial charge < -0.3 is 36.5 Å². The summed E-state index contributed by atoms with van der Waals surface area (Å²) in [7, 11) is -9.55. The van der Waals surface area contributed by atoms with Gasteiger partial charge in [-0.2, -0.15) is 16.8 Å². The van der Waals surface area contributed by atoms with E-state index >= 15 is 0 Å². The fourth-order valence-electron chi connectivity index (χ4n) is 8.22. The lowest BCUT2D eigenvalue weighted by Crippen LogP contribution is -2.30. The molecule has 1 heterocycles. The summed E-state index contributed by atoms with van der Waals surface area (Å²) >= 11 is 0. The van der Waals surface area contributed by atoms with Crippen LogP contribution >= 0.6 is 0 Å². The summed E-state index contributed by atoms with van der Waals surface area (Å²) in [5, 5.41) is 21.1. The van der Waals surface area contributed by atoms with Crippen LogP contribution in [0.25, 0.3) is 33.4 Å². The summed E-state index contributed by atoms with van der Waals surface area (Å²) < 4.78 is 78.5. The molecule has 0 spiro atoms. The zero-order valence-electron chi connectivity index (χ0n) is 36.5. The Morgan fingerprint density at radius 1 is 0.708 bits per heavy atom. The molecule has 0 bridgehead atoms. The summed E-state index contributed by atoms with van der Waals surface area (Å²) in [6.07, 6.45) is 2.54. The van der Waals surface area contributed by atoms with Crippen LogP contribution < -0.4 is 32.4 Å². The van der Waals surface area contributed by atoms with Crippen molar-refractivity contribution in [3.8, 4) is 22.5 Å². The molecule has 4 amide bonds. The number of hydrogen-bond acceptors (Lipinski definition) is 10. The molecule has 0 saturated heterocycles. The molecule has 0 unspecified atom stereocenters. The quantitative estimate of drug-likeness (QED) is 0.0272. The first-order valence-electron chi connectivity index (χ1n) is 20.5. The number of aryl methyl sites for hydroxylation is 2. The Kier molecular flexibility index (Phi) is 14.0. The highest BCUT2D eigenvalue weighted by Crippen LogP contribution is 2.44. The topological polar surface area (TPSA) is 280 Å². The fraction of sp³-hybridized carbons (Fsp3) is 0.261. The van der Waals surface area contributed by atoms with E-state index in [2.05, 4.69) is 21.3 Å². The summed E-state index contributed by atoms with van der Waals surface area (Å²) in [6, 6.07) is 16.6. The molecule has 0 atom stereocenters. The summed E-state index contributed by atoms with van der Waals surface area (Å²) in [6.45, 7) is 10.5. The van der Waals surface area contributed by atoms with Gasteiger partial charge in [-0.3, -0.25) is 13.9 Å². The van der Waals surface area contributed by atoms with Crippen LogP contribution in [0.15, 0.2) is 85.9 Å². The number of carbonyl (C=O) groups is 3. The average Bonchev–Trinajstić information content (AvgIpc) is 3.21. The van der Waals surface area contributed by atoms with Crippen molar-refractivity contribution in [2.75, 3.05) is 22.5 Å². The number of primary amides is 1. The molecular weight excluding hydrogens is 877 g/mol. The number of carboxylic acid groups (broad SMARTS) is 1. The second-order valence-electron chi connectivity index (χ2n) is 15.8. The number of nitrogens with zero attached hydrogens (tertiary/aromatic N) is 1. The number of rotatable bonds is 15. The van der Waals surface area contributed by atoms with Crippen LogP contribution in [-0.2, 0) is 25.0 Å². The van der Waals surface area contributed by atoms with E-state index < -0.39 is 43.2 Å². The van der Waals surface area contributed by atoms with E-state index in [0.717, 1.165) is 16.7 Å². The van der Waals surface area contributed by atoms with E-state index in [-0.39, 0.29) is 57.0 Å². The molecule has 65 heavy (non-hydrogen) atoms. The monoisotopic (exact) mass is 926 g/mol. The zero-order chi connectivity index (χ0) is 47.5. The third kappa shape index (κ3) is 10.6. The molecule has 4 aromatic carbocycles. The molecule has 4 aromatic rings. The van der Waals surface area contributed by atoms with Gasteiger partial charge in [-0.1, -0.05) is 37.1 Å². The molecule has 9 N–H and O–H groups in total. The maximum absolute atomic E-state index is 13.1. The fourth-order valence-corrected chi connectivity index (χ4v) is 9.89. The van der Waals surface area contributed by atoms with Crippen molar-refractivity contribution >= 4 is 77.7 Å². The Labute approximate surface area is 376 Å². The van der Waals surface area contributed by atoms with Crippen LogP contribution in [0.2, 0.25) is 0 Å². The summed E-state index contributed by atoms with van der Waals surface area (Å²) in [5.74, 6) is -0.644. The minimum absolute atomic E-state index is 0.0651. The molecule has 1 aliphatic carbocycles. The number of carbonyl (C=O) groups excluding carboxylic acids is 2. The van der Waals surface area contributed by atoms with Crippen molar-refractivity contribution in [3.05, 3.63) is 105 Å². The van der Waals surface area contributed by atoms with E-state index in [1.54, 1.807) is 55.5 Å². The van der Waals surface area contributed by atoms with Crippen molar-refractivity contribution in [3.63, 3.8) is 0 Å². The number of unbranched alkanes of at least 4 members (excludes halogenated alkanes) is 3. The van der Waals surface area contributed by atoms with Crippen molar-refractivity contribution < 1.29 is 49.8 Å². The molecule has 2 aliphatic rings. The Hall–Kier alpha value is -6.80. The number of benzene rings is 5. The minimum atomic E-state index is -4.84. The summed E-state index contributed by atoms with van der Waals surface area (Å²) in [4.78, 5) is 39.7. The van der Waals surface area contributed by atoms with Gasteiger partial charge in [0.25, 0.3) is 20.2 Å². The molecule has 0 aromatic heterocycles. The Morgan fingerprint density at radius 2 is 1.40 bits per heavy atom. The maximum atomic E-state index is 13.1. The van der Waals surface area contributed by atoms with Gasteiger partial charge in [0.2, 0.25) is 0 Å². The molecule has 6 rings (SSSR count). The molecule has 1 aliphatic heterocycles. The van der Waals surface area contributed by atoms with E-state index in [9.17, 15) is 40.3 Å². The Balaban J connectivity index is 1.50. The van der Waals surface area contributed by atoms with E-state index in [4.69, 9.17) is 20.2 Å². The smallest absolute Gasteiger partial charge is 0.319 e. The number of amides is 4. The molecule has 19 heteroatoms. The molecule has 0 radical (unpaired) electrons. The number of hydrogen-bond donors (Lipinski definition) is 8. The largest absolute Gasteiger partial charge is 0.481 e. The van der Waals surface area contributed by atoms with Gasteiger partial charge in [-0.05, 0) is 118 Å². The second kappa shape index (κ2) is 19.1. The van der Waals surface area contributed by atoms with Crippen molar-refractivity contribution in [2.45, 2.75) is 83.4 Å². The van der Waals surface area contributed by atoms with E-state index in [1.807, 2.05) is 26.8 Å². The lowest BCUT2D eigenvalue weighted by molar-refractivity contribution is -0.137. The predicted molar refractivity (Wildman–Crippen MR) is 249 cm³/mol. The lowest BCUT2D eigenvalue weighted by atomic mass is 9.93. The number of fused-ring (bicyclic) bond motifs is 2. The third-order valence-electron chi connectivity index (χ3n) is 11.1. The van der Waals surface area contributed by atoms with Gasteiger partial charge in [-0.15, -0.1) is 0 Å². The third-order valence-corrected chi connectivity index (χ3v) is 13.2. The lowest BCUT2D eigenvalue weighted by Gasteiger charge is -2.20. The number of urea groups is 2. The highest BCUT2D eigenvalue weighted by molar-refractivity contribution is 7.86.